The van der Waals surface area contributed by atoms with E-state index in [1.54, 1.807) is 0 Å². The number of hydrogen-bond donors (Lipinski definition) is 1. The van der Waals surface area contributed by atoms with E-state index < -0.39 is 0 Å². The fraction of sp³-hybridized carbons (Fsp3) is 0.571. The molecular formula is C14H21NO. The summed E-state index contributed by atoms with van der Waals surface area (Å²) in [5, 5.41) is 0. The molecule has 1 saturated heterocycles. The number of nitrogens with two attached hydrogens (primary N) is 1. The second-order valence-corrected chi connectivity index (χ2v) is 4.78. The van der Waals surface area contributed by atoms with E-state index in [1.807, 2.05) is 0 Å². The van der Waals surface area contributed by atoms with Crippen molar-refractivity contribution in [3.63, 3.8) is 0 Å². The van der Waals surface area contributed by atoms with E-state index in [2.05, 4.69) is 32.0 Å². The first-order valence-corrected chi connectivity index (χ1v) is 6.09. The molecule has 88 valence electrons. The second-order valence-electron chi connectivity index (χ2n) is 4.78. The molecular weight excluding hydrogens is 198 g/mol. The molecule has 0 amide bonds. The summed E-state index contributed by atoms with van der Waals surface area (Å²) in [6, 6.07) is 6.58. The van der Waals surface area contributed by atoms with Crippen LogP contribution in [-0.4, -0.2) is 13.2 Å². The SMILES string of the molecule is Cc1cccc(C)c1[C@H](N)C1CCOCC1. The van der Waals surface area contributed by atoms with E-state index >= 15 is 0 Å². The molecule has 1 atom stereocenters. The lowest BCUT2D eigenvalue weighted by Gasteiger charge is -2.29. The highest BCUT2D eigenvalue weighted by atomic mass is 16.5. The van der Waals surface area contributed by atoms with Crippen LogP contribution in [0.1, 0.15) is 35.6 Å². The molecule has 1 aromatic rings. The van der Waals surface area contributed by atoms with Crippen LogP contribution in [0.2, 0.25) is 0 Å². The van der Waals surface area contributed by atoms with E-state index in [9.17, 15) is 0 Å². The smallest absolute Gasteiger partial charge is 0.0469 e. The van der Waals surface area contributed by atoms with Gasteiger partial charge < -0.3 is 10.5 Å². The van der Waals surface area contributed by atoms with Crippen molar-refractivity contribution in [1.29, 1.82) is 0 Å². The molecule has 0 radical (unpaired) electrons. The number of benzene rings is 1. The molecule has 0 spiro atoms. The average molecular weight is 219 g/mol. The summed E-state index contributed by atoms with van der Waals surface area (Å²) in [7, 11) is 0. The van der Waals surface area contributed by atoms with E-state index in [0.29, 0.717) is 5.92 Å². The van der Waals surface area contributed by atoms with Crippen LogP contribution in [0.5, 0.6) is 0 Å². The van der Waals surface area contributed by atoms with Crippen LogP contribution in [0.4, 0.5) is 0 Å². The Hall–Kier alpha value is -0.860. The Morgan fingerprint density at radius 3 is 2.31 bits per heavy atom. The standard InChI is InChI=1S/C14H21NO/c1-10-4-3-5-11(2)13(10)14(15)12-6-8-16-9-7-12/h3-5,12,14H,6-9,15H2,1-2H3/t14-/m1/s1. The van der Waals surface area contributed by atoms with Gasteiger partial charge >= 0.3 is 0 Å². The monoisotopic (exact) mass is 219 g/mol. The molecule has 2 nitrogen and oxygen atoms in total. The first-order chi connectivity index (χ1) is 7.70. The summed E-state index contributed by atoms with van der Waals surface area (Å²) in [6.07, 6.45) is 2.18. The molecule has 1 heterocycles. The Balaban J connectivity index is 2.22. The molecule has 2 heteroatoms. The molecule has 0 aliphatic carbocycles. The third-order valence-corrected chi connectivity index (χ3v) is 3.65. The lowest BCUT2D eigenvalue weighted by atomic mass is 9.84. The van der Waals surface area contributed by atoms with Gasteiger partial charge in [0.2, 0.25) is 0 Å². The van der Waals surface area contributed by atoms with Crippen LogP contribution in [0.3, 0.4) is 0 Å². The van der Waals surface area contributed by atoms with Crippen molar-refractivity contribution in [1.82, 2.24) is 0 Å². The normalized spacial score (nSPS) is 19.7. The fourth-order valence-electron chi connectivity index (χ4n) is 2.66. The van der Waals surface area contributed by atoms with Gasteiger partial charge in [-0.25, -0.2) is 0 Å². The molecule has 1 aliphatic heterocycles. The third-order valence-electron chi connectivity index (χ3n) is 3.65. The van der Waals surface area contributed by atoms with Gasteiger partial charge in [-0.1, -0.05) is 18.2 Å². The van der Waals surface area contributed by atoms with Crippen molar-refractivity contribution in [3.8, 4) is 0 Å². The summed E-state index contributed by atoms with van der Waals surface area (Å²) >= 11 is 0. The quantitative estimate of drug-likeness (QED) is 0.830. The minimum atomic E-state index is 0.171. The summed E-state index contributed by atoms with van der Waals surface area (Å²) in [4.78, 5) is 0. The topological polar surface area (TPSA) is 35.2 Å². The molecule has 1 aromatic carbocycles. The Kier molecular flexibility index (Phi) is 3.62. The largest absolute Gasteiger partial charge is 0.381 e. The Morgan fingerprint density at radius 2 is 1.75 bits per heavy atom. The Labute approximate surface area is 97.8 Å². The number of rotatable bonds is 2. The van der Waals surface area contributed by atoms with Crippen molar-refractivity contribution in [2.24, 2.45) is 11.7 Å². The zero-order chi connectivity index (χ0) is 11.5. The van der Waals surface area contributed by atoms with Gasteiger partial charge in [0, 0.05) is 19.3 Å². The summed E-state index contributed by atoms with van der Waals surface area (Å²) in [5.41, 5.74) is 10.4. The highest BCUT2D eigenvalue weighted by molar-refractivity contribution is 5.36. The zero-order valence-electron chi connectivity index (χ0n) is 10.2. The molecule has 2 rings (SSSR count). The second kappa shape index (κ2) is 4.98. The fourth-order valence-corrected chi connectivity index (χ4v) is 2.66. The lowest BCUT2D eigenvalue weighted by molar-refractivity contribution is 0.0582. The summed E-state index contributed by atoms with van der Waals surface area (Å²) in [6.45, 7) is 6.04. The van der Waals surface area contributed by atoms with Crippen LogP contribution in [0.25, 0.3) is 0 Å². The molecule has 16 heavy (non-hydrogen) atoms. The molecule has 0 unspecified atom stereocenters. The minimum absolute atomic E-state index is 0.171. The Morgan fingerprint density at radius 1 is 1.19 bits per heavy atom. The van der Waals surface area contributed by atoms with E-state index in [1.165, 1.54) is 16.7 Å². The van der Waals surface area contributed by atoms with Crippen molar-refractivity contribution < 1.29 is 4.74 Å². The first kappa shape index (κ1) is 11.6. The van der Waals surface area contributed by atoms with Gasteiger partial charge in [-0.05, 0) is 49.3 Å². The van der Waals surface area contributed by atoms with Crippen LogP contribution in [-0.2, 0) is 4.74 Å². The van der Waals surface area contributed by atoms with Crippen LogP contribution in [0, 0.1) is 19.8 Å². The zero-order valence-corrected chi connectivity index (χ0v) is 10.2. The number of aryl methyl sites for hydroxylation is 2. The van der Waals surface area contributed by atoms with Crippen LogP contribution in [0.15, 0.2) is 18.2 Å². The molecule has 0 saturated carbocycles. The van der Waals surface area contributed by atoms with Gasteiger partial charge in [0.05, 0.1) is 0 Å². The lowest BCUT2D eigenvalue weighted by Crippen LogP contribution is -2.28. The molecule has 2 N–H and O–H groups in total. The molecule has 0 bridgehead atoms. The van der Waals surface area contributed by atoms with Gasteiger partial charge in [0.25, 0.3) is 0 Å². The number of hydrogen-bond acceptors (Lipinski definition) is 2. The third kappa shape index (κ3) is 2.28. The first-order valence-electron chi connectivity index (χ1n) is 6.09. The number of ether oxygens (including phenoxy) is 1. The van der Waals surface area contributed by atoms with Gasteiger partial charge in [0.1, 0.15) is 0 Å². The van der Waals surface area contributed by atoms with E-state index in [0.717, 1.165) is 26.1 Å². The summed E-state index contributed by atoms with van der Waals surface area (Å²) in [5.74, 6) is 0.577. The Bertz CT molecular complexity index is 336. The van der Waals surface area contributed by atoms with Gasteiger partial charge in [-0.2, -0.15) is 0 Å². The van der Waals surface area contributed by atoms with Gasteiger partial charge in [-0.15, -0.1) is 0 Å². The van der Waals surface area contributed by atoms with Gasteiger partial charge in [-0.3, -0.25) is 0 Å². The highest BCUT2D eigenvalue weighted by Crippen LogP contribution is 2.31. The van der Waals surface area contributed by atoms with Gasteiger partial charge in [0.15, 0.2) is 0 Å². The molecule has 0 aromatic heterocycles. The predicted octanol–water partition coefficient (Wildman–Crippen LogP) is 2.73. The average Bonchev–Trinajstić information content (AvgIpc) is 2.30. The van der Waals surface area contributed by atoms with Crippen molar-refractivity contribution in [3.05, 3.63) is 34.9 Å². The van der Waals surface area contributed by atoms with E-state index in [-0.39, 0.29) is 6.04 Å². The summed E-state index contributed by atoms with van der Waals surface area (Å²) < 4.78 is 5.39. The van der Waals surface area contributed by atoms with Crippen LogP contribution < -0.4 is 5.73 Å². The minimum Gasteiger partial charge on any atom is -0.381 e. The van der Waals surface area contributed by atoms with E-state index in [4.69, 9.17) is 10.5 Å². The van der Waals surface area contributed by atoms with Crippen molar-refractivity contribution >= 4 is 0 Å². The maximum atomic E-state index is 6.42. The molecule has 1 aliphatic rings. The highest BCUT2D eigenvalue weighted by Gasteiger charge is 2.24. The predicted molar refractivity (Wildman–Crippen MR) is 66.4 cm³/mol. The maximum absolute atomic E-state index is 6.42. The maximum Gasteiger partial charge on any atom is 0.0469 e. The van der Waals surface area contributed by atoms with Crippen molar-refractivity contribution in [2.75, 3.05) is 13.2 Å². The van der Waals surface area contributed by atoms with Crippen LogP contribution >= 0.6 is 0 Å². The van der Waals surface area contributed by atoms with Crippen molar-refractivity contribution in [2.45, 2.75) is 32.7 Å². The molecule has 1 fully saturated rings.